The molecule has 0 atom stereocenters. The second-order valence-corrected chi connectivity index (χ2v) is 6.33. The summed E-state index contributed by atoms with van der Waals surface area (Å²) in [5, 5.41) is 5.46. The van der Waals surface area contributed by atoms with Crippen molar-refractivity contribution >= 4 is 6.03 Å². The van der Waals surface area contributed by atoms with Crippen LogP contribution in [-0.4, -0.2) is 17.1 Å². The highest BCUT2D eigenvalue weighted by atomic mass is 19.4. The Hall–Kier alpha value is -1.79. The predicted molar refractivity (Wildman–Crippen MR) is 73.9 cm³/mol. The number of hydrogen-bond donors (Lipinski definition) is 2. The fraction of sp³-hybridized carbons (Fsp3) is 0.600. The highest BCUT2D eigenvalue weighted by Gasteiger charge is 2.48. The number of urea groups is 1. The van der Waals surface area contributed by atoms with Gasteiger partial charge in [-0.1, -0.05) is 6.42 Å². The van der Waals surface area contributed by atoms with Gasteiger partial charge in [-0.05, 0) is 48.8 Å². The monoisotopic (exact) mass is 313 g/mol. The highest BCUT2D eigenvalue weighted by Crippen LogP contribution is 2.55. The van der Waals surface area contributed by atoms with Crippen LogP contribution in [-0.2, 0) is 12.7 Å². The molecule has 1 heterocycles. The molecular weight excluding hydrogens is 295 g/mol. The fourth-order valence-corrected chi connectivity index (χ4v) is 3.33. The van der Waals surface area contributed by atoms with E-state index in [2.05, 4.69) is 15.6 Å². The second-order valence-electron chi connectivity index (χ2n) is 6.33. The Morgan fingerprint density at radius 2 is 2.09 bits per heavy atom. The molecule has 2 aliphatic carbocycles. The van der Waals surface area contributed by atoms with Crippen molar-refractivity contribution in [3.8, 4) is 0 Å². The first kappa shape index (κ1) is 15.1. The van der Waals surface area contributed by atoms with E-state index in [4.69, 9.17) is 0 Å². The van der Waals surface area contributed by atoms with Crippen molar-refractivity contribution < 1.29 is 18.0 Å². The third kappa shape index (κ3) is 3.18. The van der Waals surface area contributed by atoms with E-state index in [1.165, 1.54) is 25.3 Å². The SMILES string of the molecule is O=C(NCc1ccnc(C(F)(F)F)c1)NC1CC2(CCC2)C1. The topological polar surface area (TPSA) is 54.0 Å². The van der Waals surface area contributed by atoms with Gasteiger partial charge in [-0.3, -0.25) is 4.98 Å². The molecule has 1 aromatic heterocycles. The lowest BCUT2D eigenvalue weighted by Crippen LogP contribution is -2.55. The molecule has 0 aliphatic heterocycles. The normalized spacial score (nSPS) is 20.1. The van der Waals surface area contributed by atoms with Crippen molar-refractivity contribution in [1.29, 1.82) is 0 Å². The zero-order valence-electron chi connectivity index (χ0n) is 12.0. The first-order valence-electron chi connectivity index (χ1n) is 7.43. The van der Waals surface area contributed by atoms with E-state index in [0.29, 0.717) is 11.0 Å². The molecule has 2 amide bonds. The van der Waals surface area contributed by atoms with Gasteiger partial charge in [0.1, 0.15) is 5.69 Å². The summed E-state index contributed by atoms with van der Waals surface area (Å²) in [6, 6.07) is 2.28. The van der Waals surface area contributed by atoms with Crippen LogP contribution < -0.4 is 10.6 Å². The van der Waals surface area contributed by atoms with Crippen LogP contribution in [0.4, 0.5) is 18.0 Å². The summed E-state index contributed by atoms with van der Waals surface area (Å²) < 4.78 is 37.6. The van der Waals surface area contributed by atoms with Crippen LogP contribution in [0.3, 0.4) is 0 Å². The van der Waals surface area contributed by atoms with Gasteiger partial charge in [-0.15, -0.1) is 0 Å². The van der Waals surface area contributed by atoms with Crippen LogP contribution in [0.15, 0.2) is 18.3 Å². The van der Waals surface area contributed by atoms with Crippen molar-refractivity contribution in [2.45, 2.75) is 50.9 Å². The lowest BCUT2D eigenvalue weighted by Gasteiger charge is -2.54. The average Bonchev–Trinajstić information content (AvgIpc) is 2.37. The zero-order chi connectivity index (χ0) is 15.8. The third-order valence-electron chi connectivity index (χ3n) is 4.68. The molecule has 1 spiro atoms. The van der Waals surface area contributed by atoms with Gasteiger partial charge < -0.3 is 10.6 Å². The summed E-state index contributed by atoms with van der Waals surface area (Å²) >= 11 is 0. The smallest absolute Gasteiger partial charge is 0.335 e. The Labute approximate surface area is 126 Å². The maximum absolute atomic E-state index is 12.5. The Balaban J connectivity index is 1.45. The van der Waals surface area contributed by atoms with Gasteiger partial charge in [-0.25, -0.2) is 4.79 Å². The standard InChI is InChI=1S/C15H18F3N3O/c16-15(17,18)12-6-10(2-5-19-12)9-20-13(22)21-11-7-14(8-11)3-1-4-14/h2,5-6,11H,1,3-4,7-9H2,(H2,20,21,22). The van der Waals surface area contributed by atoms with Crippen LogP contribution in [0.1, 0.15) is 43.4 Å². The van der Waals surface area contributed by atoms with E-state index in [9.17, 15) is 18.0 Å². The number of nitrogens with one attached hydrogen (secondary N) is 2. The number of carbonyl (C=O) groups excluding carboxylic acids is 1. The van der Waals surface area contributed by atoms with Crippen molar-refractivity contribution in [3.05, 3.63) is 29.6 Å². The van der Waals surface area contributed by atoms with Gasteiger partial charge in [0.2, 0.25) is 0 Å². The number of aromatic nitrogens is 1. The summed E-state index contributed by atoms with van der Waals surface area (Å²) in [6.45, 7) is 0.0509. The number of pyridine rings is 1. The van der Waals surface area contributed by atoms with Gasteiger partial charge in [0, 0.05) is 18.8 Å². The third-order valence-corrected chi connectivity index (χ3v) is 4.68. The highest BCUT2D eigenvalue weighted by molar-refractivity contribution is 5.74. The van der Waals surface area contributed by atoms with Crippen molar-refractivity contribution in [3.63, 3.8) is 0 Å². The molecule has 2 fully saturated rings. The summed E-state index contributed by atoms with van der Waals surface area (Å²) in [5.74, 6) is 0. The molecule has 0 radical (unpaired) electrons. The Bertz CT molecular complexity index is 561. The summed E-state index contributed by atoms with van der Waals surface area (Å²) in [5.41, 5.74) is -0.0929. The minimum atomic E-state index is -4.47. The molecule has 22 heavy (non-hydrogen) atoms. The number of carbonyl (C=O) groups is 1. The summed E-state index contributed by atoms with van der Waals surface area (Å²) in [4.78, 5) is 15.0. The van der Waals surface area contributed by atoms with Crippen LogP contribution in [0.25, 0.3) is 0 Å². The molecule has 0 aromatic carbocycles. The molecule has 3 rings (SSSR count). The summed E-state index contributed by atoms with van der Waals surface area (Å²) in [6.07, 6.45) is 2.46. The van der Waals surface area contributed by atoms with Gasteiger partial charge >= 0.3 is 12.2 Å². The number of hydrogen-bond acceptors (Lipinski definition) is 2. The van der Waals surface area contributed by atoms with Crippen LogP contribution in [0, 0.1) is 5.41 Å². The Morgan fingerprint density at radius 1 is 1.36 bits per heavy atom. The Morgan fingerprint density at radius 3 is 2.68 bits per heavy atom. The molecule has 4 nitrogen and oxygen atoms in total. The largest absolute Gasteiger partial charge is 0.433 e. The molecule has 0 bridgehead atoms. The quantitative estimate of drug-likeness (QED) is 0.900. The van der Waals surface area contributed by atoms with E-state index in [1.54, 1.807) is 0 Å². The number of nitrogens with zero attached hydrogens (tertiary/aromatic N) is 1. The number of alkyl halides is 3. The average molecular weight is 313 g/mol. The predicted octanol–water partition coefficient (Wildman–Crippen LogP) is 3.23. The number of amides is 2. The second kappa shape index (κ2) is 5.44. The molecular formula is C15H18F3N3O. The maximum Gasteiger partial charge on any atom is 0.433 e. The lowest BCUT2D eigenvalue weighted by molar-refractivity contribution is -0.141. The van der Waals surface area contributed by atoms with Gasteiger partial charge in [-0.2, -0.15) is 13.2 Å². The lowest BCUT2D eigenvalue weighted by atomic mass is 9.54. The van der Waals surface area contributed by atoms with Gasteiger partial charge in [0.15, 0.2) is 0 Å². The molecule has 2 saturated carbocycles. The molecule has 1 aromatic rings. The Kier molecular flexibility index (Phi) is 3.74. The van der Waals surface area contributed by atoms with E-state index in [1.807, 2.05) is 0 Å². The van der Waals surface area contributed by atoms with E-state index in [-0.39, 0.29) is 18.6 Å². The van der Waals surface area contributed by atoms with Crippen LogP contribution in [0.2, 0.25) is 0 Å². The van der Waals surface area contributed by atoms with Crippen molar-refractivity contribution in [2.24, 2.45) is 5.41 Å². The molecule has 2 N–H and O–H groups in total. The minimum Gasteiger partial charge on any atom is -0.335 e. The van der Waals surface area contributed by atoms with Gasteiger partial charge in [0.05, 0.1) is 0 Å². The molecule has 2 aliphatic rings. The number of halogens is 3. The fourth-order valence-electron chi connectivity index (χ4n) is 3.33. The first-order chi connectivity index (χ1) is 10.4. The van der Waals surface area contributed by atoms with E-state index < -0.39 is 11.9 Å². The van der Waals surface area contributed by atoms with E-state index in [0.717, 1.165) is 25.1 Å². The molecule has 120 valence electrons. The van der Waals surface area contributed by atoms with Gasteiger partial charge in [0.25, 0.3) is 0 Å². The minimum absolute atomic E-state index is 0.0509. The zero-order valence-corrected chi connectivity index (χ0v) is 12.0. The molecule has 0 saturated heterocycles. The summed E-state index contributed by atoms with van der Waals surface area (Å²) in [7, 11) is 0. The van der Waals surface area contributed by atoms with Crippen molar-refractivity contribution in [1.82, 2.24) is 15.6 Å². The van der Waals surface area contributed by atoms with Crippen LogP contribution in [0.5, 0.6) is 0 Å². The maximum atomic E-state index is 12.5. The van der Waals surface area contributed by atoms with E-state index >= 15 is 0 Å². The molecule has 0 unspecified atom stereocenters. The number of rotatable bonds is 3. The van der Waals surface area contributed by atoms with Crippen LogP contribution >= 0.6 is 0 Å². The first-order valence-corrected chi connectivity index (χ1v) is 7.43. The molecule has 7 heteroatoms. The van der Waals surface area contributed by atoms with Crippen molar-refractivity contribution in [2.75, 3.05) is 0 Å².